The number of hydrogen-bond donors (Lipinski definition) is 4. The topological polar surface area (TPSA) is 118 Å². The summed E-state index contributed by atoms with van der Waals surface area (Å²) >= 11 is 12.3. The Labute approximate surface area is 252 Å². The average Bonchev–Trinajstić information content (AvgIpc) is 3.43. The van der Waals surface area contributed by atoms with Crippen LogP contribution in [-0.4, -0.2) is 38.4 Å². The molecule has 0 saturated heterocycles. The van der Waals surface area contributed by atoms with Gasteiger partial charge in [-0.3, -0.25) is 4.79 Å². The number of nitrogens with zero attached hydrogens (tertiary/aromatic N) is 2. The third kappa shape index (κ3) is 4.93. The minimum Gasteiger partial charge on any atom is -0.493 e. The van der Waals surface area contributed by atoms with Crippen molar-refractivity contribution < 1.29 is 20.1 Å². The molecule has 224 valence electrons. The fourth-order valence-corrected chi connectivity index (χ4v) is 10.7. The zero-order valence-corrected chi connectivity index (χ0v) is 25.8. The monoisotopic (exact) mass is 603 g/mol. The van der Waals surface area contributed by atoms with Gasteiger partial charge in [-0.2, -0.15) is 0 Å². The minimum atomic E-state index is -0.316. The molecule has 7 nitrogen and oxygen atoms in total. The van der Waals surface area contributed by atoms with Gasteiger partial charge < -0.3 is 20.3 Å². The molecule has 1 aromatic carbocycles. The molecule has 4 N–H and O–H groups in total. The van der Waals surface area contributed by atoms with Gasteiger partial charge >= 0.3 is 0 Å². The first-order valence-electron chi connectivity index (χ1n) is 15.4. The number of hydrogen-bond acceptors (Lipinski definition) is 5. The van der Waals surface area contributed by atoms with Gasteiger partial charge in [0.25, 0.3) is 5.91 Å². The average molecular weight is 605 g/mol. The van der Waals surface area contributed by atoms with Crippen molar-refractivity contribution in [2.24, 2.45) is 56.6 Å². The predicted molar refractivity (Wildman–Crippen MR) is 161 cm³/mol. The van der Waals surface area contributed by atoms with E-state index in [0.717, 1.165) is 51.4 Å². The third-order valence-electron chi connectivity index (χ3n) is 12.3. The van der Waals surface area contributed by atoms with Crippen LogP contribution in [0.3, 0.4) is 0 Å². The van der Waals surface area contributed by atoms with Crippen LogP contribution in [-0.2, 0) is 4.79 Å². The van der Waals surface area contributed by atoms with Crippen LogP contribution >= 0.6 is 23.2 Å². The Kier molecular flexibility index (Phi) is 7.74. The molecule has 1 aromatic heterocycles. The lowest BCUT2D eigenvalue weighted by Gasteiger charge is -2.62. The van der Waals surface area contributed by atoms with Crippen molar-refractivity contribution in [1.29, 1.82) is 0 Å². The van der Waals surface area contributed by atoms with Gasteiger partial charge in [0, 0.05) is 16.8 Å². The van der Waals surface area contributed by atoms with E-state index in [1.54, 1.807) is 12.1 Å². The van der Waals surface area contributed by atoms with E-state index in [1.165, 1.54) is 6.42 Å². The van der Waals surface area contributed by atoms with Crippen molar-refractivity contribution in [3.05, 3.63) is 22.2 Å². The smallest absolute Gasteiger partial charge is 0.264 e. The zero-order valence-electron chi connectivity index (χ0n) is 24.2. The number of aromatic amines is 1. The maximum atomic E-state index is 12.8. The van der Waals surface area contributed by atoms with Crippen LogP contribution in [0.1, 0.15) is 85.0 Å². The highest BCUT2D eigenvalue weighted by atomic mass is 35.5. The van der Waals surface area contributed by atoms with Gasteiger partial charge in [0.15, 0.2) is 5.69 Å². The van der Waals surface area contributed by atoms with E-state index in [4.69, 9.17) is 23.2 Å². The fourth-order valence-electron chi connectivity index (χ4n) is 10.2. The molecule has 4 saturated carbocycles. The minimum absolute atomic E-state index is 0.156. The Morgan fingerprint density at radius 3 is 2.59 bits per heavy atom. The number of amides is 1. The summed E-state index contributed by atoms with van der Waals surface area (Å²) in [5.74, 6) is 2.13. The largest absolute Gasteiger partial charge is 0.493 e. The van der Waals surface area contributed by atoms with E-state index < -0.39 is 0 Å². The van der Waals surface area contributed by atoms with Crippen molar-refractivity contribution in [2.75, 3.05) is 0 Å². The van der Waals surface area contributed by atoms with Crippen LogP contribution in [0.5, 0.6) is 5.88 Å². The Morgan fingerprint density at radius 2 is 1.80 bits per heavy atom. The number of carbonyl (C=O) groups is 1. The zero-order chi connectivity index (χ0) is 29.3. The van der Waals surface area contributed by atoms with Crippen LogP contribution in [0, 0.1) is 46.3 Å². The van der Waals surface area contributed by atoms with Crippen LogP contribution in [0.15, 0.2) is 22.4 Å². The number of nitrogens with one attached hydrogen (secondary N) is 1. The highest BCUT2D eigenvalue weighted by Gasteiger charge is 2.62. The molecule has 41 heavy (non-hydrogen) atoms. The Hall–Kier alpha value is -1.67. The molecule has 0 radical (unpaired) electrons. The van der Waals surface area contributed by atoms with Gasteiger partial charge in [0.2, 0.25) is 5.88 Å². The second kappa shape index (κ2) is 10.8. The molecular formula is C32H43Cl2N3O4. The molecule has 9 heteroatoms. The van der Waals surface area contributed by atoms with E-state index in [9.17, 15) is 20.1 Å². The normalized spacial score (nSPS) is 39.4. The first kappa shape index (κ1) is 29.4. The number of aromatic nitrogens is 1. The van der Waals surface area contributed by atoms with E-state index in [1.807, 2.05) is 0 Å². The molecule has 0 bridgehead atoms. The van der Waals surface area contributed by atoms with E-state index >= 15 is 0 Å². The first-order chi connectivity index (χ1) is 19.4. The fraction of sp³-hybridized carbons (Fsp3) is 0.719. The van der Waals surface area contributed by atoms with E-state index in [2.05, 4.69) is 36.0 Å². The SMILES string of the molecule is C[C@H](CCC(=O)N=Nc1c(O)[nH]c2c(Cl)cc(Cl)cc12)[C@@H]1CC[C@@H]2[C@H]3[C@H](O)C[C@@H]4C[C@@H](O)CC[C@@]4(C)[C@H]3CC[C@@]21C. The van der Waals surface area contributed by atoms with Gasteiger partial charge in [-0.15, -0.1) is 10.2 Å². The second-order valence-electron chi connectivity index (χ2n) is 14.2. The Balaban J connectivity index is 1.11. The molecule has 10 atom stereocenters. The Morgan fingerprint density at radius 1 is 1.07 bits per heavy atom. The van der Waals surface area contributed by atoms with Gasteiger partial charge in [-0.25, -0.2) is 0 Å². The molecule has 1 heterocycles. The van der Waals surface area contributed by atoms with Crippen LogP contribution in [0.2, 0.25) is 10.0 Å². The number of aliphatic hydroxyl groups is 2. The van der Waals surface area contributed by atoms with E-state index in [-0.39, 0.29) is 40.5 Å². The number of aliphatic hydroxyl groups excluding tert-OH is 2. The summed E-state index contributed by atoms with van der Waals surface area (Å²) in [5, 5.41) is 41.4. The molecular weight excluding hydrogens is 561 g/mol. The molecule has 4 fully saturated rings. The predicted octanol–water partition coefficient (Wildman–Crippen LogP) is 8.20. The summed E-state index contributed by atoms with van der Waals surface area (Å²) in [6.45, 7) is 7.16. The standard InChI is InChI=1S/C32H43Cl2N3O4/c1-16(4-7-26(40)36-37-29-20-14-18(33)15-24(34)28(20)35-30(29)41)21-5-6-22-27-23(9-11-32(21,22)3)31(2)10-8-19(38)12-17(31)13-25(27)39/h14-17,19,21-23,25,27,35,38-39,41H,4-13H2,1-3H3/t16-,17+,19+,21+,22-,23+,25-,27-,31-,32-/m1/s1. The number of fused-ring (bicyclic) bond motifs is 6. The van der Waals surface area contributed by atoms with E-state index in [0.29, 0.717) is 62.9 Å². The van der Waals surface area contributed by atoms with Crippen LogP contribution in [0.4, 0.5) is 5.69 Å². The van der Waals surface area contributed by atoms with Crippen molar-refractivity contribution >= 4 is 45.7 Å². The van der Waals surface area contributed by atoms with Gasteiger partial charge in [-0.1, -0.05) is 44.0 Å². The molecule has 4 aliphatic carbocycles. The maximum absolute atomic E-state index is 12.8. The number of H-pyrrole nitrogens is 1. The quantitative estimate of drug-likeness (QED) is 0.257. The molecule has 0 aliphatic heterocycles. The van der Waals surface area contributed by atoms with Crippen molar-refractivity contribution in [2.45, 2.75) is 97.2 Å². The number of rotatable bonds is 5. The number of azo groups is 1. The lowest BCUT2D eigenvalue weighted by molar-refractivity contribution is -0.174. The summed E-state index contributed by atoms with van der Waals surface area (Å²) in [6.07, 6.45) is 8.76. The molecule has 2 aromatic rings. The lowest BCUT2D eigenvalue weighted by Crippen LogP contribution is -2.58. The first-order valence-corrected chi connectivity index (χ1v) is 16.2. The molecule has 6 rings (SSSR count). The number of carbonyl (C=O) groups excluding carboxylic acids is 1. The summed E-state index contributed by atoms with van der Waals surface area (Å²) in [6, 6.07) is 3.20. The summed E-state index contributed by atoms with van der Waals surface area (Å²) < 4.78 is 0. The number of benzene rings is 1. The molecule has 0 unspecified atom stereocenters. The summed E-state index contributed by atoms with van der Waals surface area (Å²) in [7, 11) is 0. The van der Waals surface area contributed by atoms with Crippen molar-refractivity contribution in [3.63, 3.8) is 0 Å². The van der Waals surface area contributed by atoms with Crippen molar-refractivity contribution in [1.82, 2.24) is 4.98 Å². The van der Waals surface area contributed by atoms with Gasteiger partial charge in [0.05, 0.1) is 22.7 Å². The summed E-state index contributed by atoms with van der Waals surface area (Å²) in [4.78, 5) is 15.5. The number of aromatic hydroxyl groups is 1. The van der Waals surface area contributed by atoms with Gasteiger partial charge in [-0.05, 0) is 116 Å². The van der Waals surface area contributed by atoms with Crippen molar-refractivity contribution in [3.8, 4) is 5.88 Å². The third-order valence-corrected chi connectivity index (χ3v) is 12.8. The highest BCUT2D eigenvalue weighted by Crippen LogP contribution is 2.68. The summed E-state index contributed by atoms with van der Waals surface area (Å²) in [5.41, 5.74) is 1.04. The van der Waals surface area contributed by atoms with Crippen LogP contribution in [0.25, 0.3) is 10.9 Å². The number of halogens is 2. The maximum Gasteiger partial charge on any atom is 0.264 e. The lowest BCUT2D eigenvalue weighted by atomic mass is 9.43. The molecule has 4 aliphatic rings. The molecule has 0 spiro atoms. The second-order valence-corrected chi connectivity index (χ2v) is 15.0. The van der Waals surface area contributed by atoms with Gasteiger partial charge in [0.1, 0.15) is 0 Å². The van der Waals surface area contributed by atoms with Crippen LogP contribution < -0.4 is 0 Å². The Bertz CT molecular complexity index is 1360. The molecule has 1 amide bonds. The highest BCUT2D eigenvalue weighted by molar-refractivity contribution is 6.38.